The Balaban J connectivity index is 2.73. The first-order valence-corrected chi connectivity index (χ1v) is 6.19. The molecule has 2 N–H and O–H groups in total. The Kier molecular flexibility index (Phi) is 5.53. The molecule has 3 nitrogen and oxygen atoms in total. The Morgan fingerprint density at radius 1 is 1.35 bits per heavy atom. The summed E-state index contributed by atoms with van der Waals surface area (Å²) < 4.78 is 0. The van der Waals surface area contributed by atoms with Crippen LogP contribution in [-0.2, 0) is 0 Å². The van der Waals surface area contributed by atoms with E-state index in [-0.39, 0.29) is 5.75 Å². The Morgan fingerprint density at radius 2 is 2.12 bits per heavy atom. The predicted molar refractivity (Wildman–Crippen MR) is 70.0 cm³/mol. The molecule has 1 atom stereocenters. The zero-order valence-corrected chi connectivity index (χ0v) is 10.6. The van der Waals surface area contributed by atoms with E-state index in [1.165, 1.54) is 31.0 Å². The molecule has 0 aliphatic carbocycles. The highest BCUT2D eigenvalue weighted by molar-refractivity contribution is 5.83. The number of aromatic hydroxyl groups is 1. The number of phenols is 1. The number of oxime groups is 1. The van der Waals surface area contributed by atoms with E-state index in [1.807, 2.05) is 12.1 Å². The monoisotopic (exact) mass is 235 g/mol. The van der Waals surface area contributed by atoms with Crippen molar-refractivity contribution in [1.82, 2.24) is 0 Å². The predicted octanol–water partition coefficient (Wildman–Crippen LogP) is 3.88. The van der Waals surface area contributed by atoms with Crippen molar-refractivity contribution in [2.75, 3.05) is 0 Å². The maximum Gasteiger partial charge on any atom is 0.124 e. The molecule has 0 radical (unpaired) electrons. The van der Waals surface area contributed by atoms with Gasteiger partial charge in [0.05, 0.1) is 6.21 Å². The van der Waals surface area contributed by atoms with Crippen LogP contribution in [0.1, 0.15) is 56.6 Å². The van der Waals surface area contributed by atoms with Crippen LogP contribution in [0.5, 0.6) is 5.75 Å². The summed E-state index contributed by atoms with van der Waals surface area (Å²) in [5, 5.41) is 21.0. The third-order valence-corrected chi connectivity index (χ3v) is 3.06. The molecule has 0 amide bonds. The molecule has 94 valence electrons. The molecule has 1 unspecified atom stereocenters. The number of hydrogen-bond donors (Lipinski definition) is 2. The number of unbranched alkanes of at least 4 members (excludes halogenated alkanes) is 2. The van der Waals surface area contributed by atoms with Gasteiger partial charge in [-0.05, 0) is 30.0 Å². The Labute approximate surface area is 103 Å². The molecule has 0 heterocycles. The van der Waals surface area contributed by atoms with Gasteiger partial charge in [0, 0.05) is 5.56 Å². The summed E-state index contributed by atoms with van der Waals surface area (Å²) in [5.41, 5.74) is 1.74. The number of hydrogen-bond acceptors (Lipinski definition) is 3. The van der Waals surface area contributed by atoms with Gasteiger partial charge in [-0.25, -0.2) is 0 Å². The molecule has 1 aromatic carbocycles. The van der Waals surface area contributed by atoms with Gasteiger partial charge < -0.3 is 10.3 Å². The minimum atomic E-state index is 0.146. The second kappa shape index (κ2) is 6.94. The standard InChI is InChI=1S/C14H21NO2/c1-3-4-5-6-11(2)12-7-8-14(16)13(9-12)10-15-17/h7-11,16-17H,3-6H2,1-2H3/b15-10+. The number of phenolic OH excluding ortho intramolecular Hbond substituents is 1. The fraction of sp³-hybridized carbons (Fsp3) is 0.500. The van der Waals surface area contributed by atoms with Crippen LogP contribution in [0.25, 0.3) is 0 Å². The molecule has 0 fully saturated rings. The molecule has 0 bridgehead atoms. The van der Waals surface area contributed by atoms with Crippen LogP contribution in [0, 0.1) is 0 Å². The van der Waals surface area contributed by atoms with E-state index in [1.54, 1.807) is 6.07 Å². The van der Waals surface area contributed by atoms with Crippen LogP contribution >= 0.6 is 0 Å². The Bertz CT molecular complexity index is 374. The fourth-order valence-electron chi connectivity index (χ4n) is 1.91. The van der Waals surface area contributed by atoms with Gasteiger partial charge in [-0.15, -0.1) is 0 Å². The smallest absolute Gasteiger partial charge is 0.124 e. The van der Waals surface area contributed by atoms with Crippen molar-refractivity contribution in [3.05, 3.63) is 29.3 Å². The number of benzene rings is 1. The van der Waals surface area contributed by atoms with Gasteiger partial charge in [-0.3, -0.25) is 0 Å². The molecule has 1 rings (SSSR count). The minimum absolute atomic E-state index is 0.146. The highest BCUT2D eigenvalue weighted by atomic mass is 16.4. The average Bonchev–Trinajstić information content (AvgIpc) is 2.32. The van der Waals surface area contributed by atoms with Crippen molar-refractivity contribution in [2.24, 2.45) is 5.16 Å². The minimum Gasteiger partial charge on any atom is -0.507 e. The Hall–Kier alpha value is -1.51. The number of rotatable bonds is 6. The van der Waals surface area contributed by atoms with E-state index < -0.39 is 0 Å². The third kappa shape index (κ3) is 4.10. The number of nitrogens with zero attached hydrogens (tertiary/aromatic N) is 1. The van der Waals surface area contributed by atoms with Gasteiger partial charge in [0.25, 0.3) is 0 Å². The van der Waals surface area contributed by atoms with E-state index in [0.29, 0.717) is 11.5 Å². The van der Waals surface area contributed by atoms with Crippen molar-refractivity contribution in [2.45, 2.75) is 45.4 Å². The fourth-order valence-corrected chi connectivity index (χ4v) is 1.91. The second-order valence-electron chi connectivity index (χ2n) is 4.46. The summed E-state index contributed by atoms with van der Waals surface area (Å²) in [7, 11) is 0. The molecule has 0 saturated carbocycles. The molecule has 1 aromatic rings. The first-order chi connectivity index (χ1) is 8.19. The van der Waals surface area contributed by atoms with Crippen LogP contribution in [0.3, 0.4) is 0 Å². The van der Waals surface area contributed by atoms with Crippen LogP contribution in [0.15, 0.2) is 23.4 Å². The van der Waals surface area contributed by atoms with E-state index in [0.717, 1.165) is 6.42 Å². The highest BCUT2D eigenvalue weighted by Crippen LogP contribution is 2.26. The maximum atomic E-state index is 9.56. The van der Waals surface area contributed by atoms with Gasteiger partial charge >= 0.3 is 0 Å². The largest absolute Gasteiger partial charge is 0.507 e. The van der Waals surface area contributed by atoms with Crippen molar-refractivity contribution in [3.63, 3.8) is 0 Å². The molecule has 0 aliphatic rings. The topological polar surface area (TPSA) is 52.8 Å². The second-order valence-corrected chi connectivity index (χ2v) is 4.46. The molecular formula is C14H21NO2. The quantitative estimate of drug-likeness (QED) is 0.340. The van der Waals surface area contributed by atoms with Crippen molar-refractivity contribution in [1.29, 1.82) is 0 Å². The van der Waals surface area contributed by atoms with Crippen molar-refractivity contribution < 1.29 is 10.3 Å². The molecule has 0 aromatic heterocycles. The summed E-state index contributed by atoms with van der Waals surface area (Å²) in [6.45, 7) is 4.38. The molecule has 3 heteroatoms. The van der Waals surface area contributed by atoms with E-state index in [2.05, 4.69) is 19.0 Å². The van der Waals surface area contributed by atoms with E-state index in [4.69, 9.17) is 5.21 Å². The van der Waals surface area contributed by atoms with Crippen molar-refractivity contribution >= 4 is 6.21 Å². The van der Waals surface area contributed by atoms with Crippen LogP contribution in [0.4, 0.5) is 0 Å². The molecule has 17 heavy (non-hydrogen) atoms. The van der Waals surface area contributed by atoms with Crippen LogP contribution in [-0.4, -0.2) is 16.5 Å². The van der Waals surface area contributed by atoms with Gasteiger partial charge in [0.1, 0.15) is 5.75 Å². The SMILES string of the molecule is CCCCCC(C)c1ccc(O)c(/C=N/O)c1. The highest BCUT2D eigenvalue weighted by Gasteiger charge is 2.08. The molecular weight excluding hydrogens is 214 g/mol. The third-order valence-electron chi connectivity index (χ3n) is 3.06. The lowest BCUT2D eigenvalue weighted by atomic mass is 9.93. The summed E-state index contributed by atoms with van der Waals surface area (Å²) in [6, 6.07) is 5.47. The maximum absolute atomic E-state index is 9.56. The summed E-state index contributed by atoms with van der Waals surface area (Å²) in [6.07, 6.45) is 6.12. The van der Waals surface area contributed by atoms with Gasteiger partial charge in [0.15, 0.2) is 0 Å². The molecule has 0 spiro atoms. The summed E-state index contributed by atoms with van der Waals surface area (Å²) in [5.74, 6) is 0.611. The lowest BCUT2D eigenvalue weighted by Gasteiger charge is -2.12. The molecule has 0 saturated heterocycles. The van der Waals surface area contributed by atoms with Gasteiger partial charge in [-0.1, -0.05) is 44.3 Å². The zero-order valence-electron chi connectivity index (χ0n) is 10.6. The zero-order chi connectivity index (χ0) is 12.7. The normalized spacial score (nSPS) is 13.1. The first kappa shape index (κ1) is 13.6. The van der Waals surface area contributed by atoms with Crippen LogP contribution < -0.4 is 0 Å². The first-order valence-electron chi connectivity index (χ1n) is 6.19. The lowest BCUT2D eigenvalue weighted by molar-refractivity contribution is 0.321. The van der Waals surface area contributed by atoms with E-state index >= 15 is 0 Å². The Morgan fingerprint density at radius 3 is 2.76 bits per heavy atom. The average molecular weight is 235 g/mol. The van der Waals surface area contributed by atoms with Gasteiger partial charge in [-0.2, -0.15) is 0 Å². The lowest BCUT2D eigenvalue weighted by Crippen LogP contribution is -1.95. The van der Waals surface area contributed by atoms with Crippen molar-refractivity contribution in [3.8, 4) is 5.75 Å². The van der Waals surface area contributed by atoms with Crippen LogP contribution in [0.2, 0.25) is 0 Å². The summed E-state index contributed by atoms with van der Waals surface area (Å²) in [4.78, 5) is 0. The van der Waals surface area contributed by atoms with Gasteiger partial charge in [0.2, 0.25) is 0 Å². The van der Waals surface area contributed by atoms with E-state index in [9.17, 15) is 5.11 Å². The molecule has 0 aliphatic heterocycles. The summed E-state index contributed by atoms with van der Waals surface area (Å²) >= 11 is 0.